The second kappa shape index (κ2) is 4.81. The van der Waals surface area contributed by atoms with E-state index in [0.29, 0.717) is 23.1 Å². The number of aryl methyl sites for hydroxylation is 2. The summed E-state index contributed by atoms with van der Waals surface area (Å²) < 4.78 is 1.75. The van der Waals surface area contributed by atoms with Gasteiger partial charge in [-0.15, -0.1) is 0 Å². The van der Waals surface area contributed by atoms with Gasteiger partial charge in [0.15, 0.2) is 0 Å². The summed E-state index contributed by atoms with van der Waals surface area (Å²) in [5, 5.41) is 5.01. The van der Waals surface area contributed by atoms with Crippen molar-refractivity contribution < 1.29 is 4.79 Å². The maximum atomic E-state index is 12.1. The van der Waals surface area contributed by atoms with Gasteiger partial charge in [-0.3, -0.25) is 9.48 Å². The normalized spacial score (nSPS) is 17.2. The Morgan fingerprint density at radius 2 is 2.24 bits per heavy atom. The summed E-state index contributed by atoms with van der Waals surface area (Å²) in [6.45, 7) is 4.05. The number of Topliss-reactive ketones (excluding diaryl/α,β-unsaturated/α-hetero) is 1. The van der Waals surface area contributed by atoms with Crippen LogP contribution in [0, 0.1) is 11.8 Å². The van der Waals surface area contributed by atoms with Crippen molar-refractivity contribution in [3.8, 4) is 0 Å². The van der Waals surface area contributed by atoms with Crippen LogP contribution >= 0.6 is 11.6 Å². The Morgan fingerprint density at radius 1 is 1.59 bits per heavy atom. The van der Waals surface area contributed by atoms with E-state index in [2.05, 4.69) is 5.10 Å². The van der Waals surface area contributed by atoms with E-state index in [0.717, 1.165) is 17.8 Å². The van der Waals surface area contributed by atoms with Crippen LogP contribution in [0.4, 0.5) is 0 Å². The highest BCUT2D eigenvalue weighted by atomic mass is 35.5. The fourth-order valence-corrected chi connectivity index (χ4v) is 2.56. The molecule has 0 bridgehead atoms. The van der Waals surface area contributed by atoms with Crippen LogP contribution in [0.2, 0.25) is 5.02 Å². The van der Waals surface area contributed by atoms with Crippen molar-refractivity contribution in [2.45, 2.75) is 39.5 Å². The van der Waals surface area contributed by atoms with Crippen LogP contribution < -0.4 is 0 Å². The lowest BCUT2D eigenvalue weighted by Crippen LogP contribution is -2.17. The van der Waals surface area contributed by atoms with Gasteiger partial charge >= 0.3 is 0 Å². The number of aromatic nitrogens is 2. The molecule has 17 heavy (non-hydrogen) atoms. The van der Waals surface area contributed by atoms with Crippen molar-refractivity contribution in [3.05, 3.63) is 16.4 Å². The molecule has 0 radical (unpaired) electrons. The largest absolute Gasteiger partial charge is 0.299 e. The first-order chi connectivity index (χ1) is 8.04. The first-order valence-corrected chi connectivity index (χ1v) is 6.65. The van der Waals surface area contributed by atoms with Crippen LogP contribution in [0.5, 0.6) is 0 Å². The highest BCUT2D eigenvalue weighted by Gasteiger charge is 2.33. The summed E-state index contributed by atoms with van der Waals surface area (Å²) in [5.41, 5.74) is 1.75. The van der Waals surface area contributed by atoms with E-state index in [-0.39, 0.29) is 5.92 Å². The lowest BCUT2D eigenvalue weighted by Gasteiger charge is -2.09. The number of hydrogen-bond donors (Lipinski definition) is 0. The number of carbonyl (C=O) groups excluding carboxylic acids is 1. The monoisotopic (exact) mass is 254 g/mol. The fourth-order valence-electron chi connectivity index (χ4n) is 2.20. The van der Waals surface area contributed by atoms with E-state index in [1.54, 1.807) is 4.68 Å². The molecule has 1 heterocycles. The third-order valence-electron chi connectivity index (χ3n) is 3.68. The quantitative estimate of drug-likeness (QED) is 0.810. The van der Waals surface area contributed by atoms with Gasteiger partial charge in [0.05, 0.1) is 22.8 Å². The van der Waals surface area contributed by atoms with Crippen LogP contribution in [-0.4, -0.2) is 15.6 Å². The van der Waals surface area contributed by atoms with Crippen LogP contribution in [0.15, 0.2) is 0 Å². The van der Waals surface area contributed by atoms with E-state index in [1.807, 2.05) is 20.9 Å². The Balaban J connectivity index is 2.12. The molecule has 1 aromatic heterocycles. The SMILES string of the molecule is CCc1nn(C)c(CC(=O)C(C)C2CC2)c1Cl. The molecule has 3 nitrogen and oxygen atoms in total. The average Bonchev–Trinajstić information content (AvgIpc) is 3.10. The minimum Gasteiger partial charge on any atom is -0.299 e. The number of ketones is 1. The summed E-state index contributed by atoms with van der Waals surface area (Å²) >= 11 is 6.24. The van der Waals surface area contributed by atoms with Gasteiger partial charge in [-0.05, 0) is 25.2 Å². The van der Waals surface area contributed by atoms with Gasteiger partial charge in [-0.1, -0.05) is 25.4 Å². The zero-order valence-electron chi connectivity index (χ0n) is 10.7. The summed E-state index contributed by atoms with van der Waals surface area (Å²) in [4.78, 5) is 12.1. The molecular weight excluding hydrogens is 236 g/mol. The average molecular weight is 255 g/mol. The molecule has 0 N–H and O–H groups in total. The molecule has 1 atom stereocenters. The van der Waals surface area contributed by atoms with Gasteiger partial charge in [0.25, 0.3) is 0 Å². The second-order valence-electron chi connectivity index (χ2n) is 4.95. The van der Waals surface area contributed by atoms with Crippen molar-refractivity contribution in [2.24, 2.45) is 18.9 Å². The topological polar surface area (TPSA) is 34.9 Å². The Kier molecular flexibility index (Phi) is 3.57. The third-order valence-corrected chi connectivity index (χ3v) is 4.12. The van der Waals surface area contributed by atoms with Crippen molar-refractivity contribution in [3.63, 3.8) is 0 Å². The number of halogens is 1. The predicted molar refractivity (Wildman–Crippen MR) is 68.2 cm³/mol. The molecule has 1 aliphatic rings. The molecule has 1 aromatic rings. The molecule has 4 heteroatoms. The van der Waals surface area contributed by atoms with Crippen LogP contribution in [-0.2, 0) is 24.7 Å². The molecule has 2 rings (SSSR count). The third kappa shape index (κ3) is 2.54. The van der Waals surface area contributed by atoms with Gasteiger partial charge in [-0.2, -0.15) is 5.10 Å². The minimum absolute atomic E-state index is 0.172. The first-order valence-electron chi connectivity index (χ1n) is 6.27. The van der Waals surface area contributed by atoms with E-state index in [4.69, 9.17) is 11.6 Å². The van der Waals surface area contributed by atoms with Gasteiger partial charge in [0, 0.05) is 13.0 Å². The van der Waals surface area contributed by atoms with Gasteiger partial charge in [-0.25, -0.2) is 0 Å². The Hall–Kier alpha value is -0.830. The second-order valence-corrected chi connectivity index (χ2v) is 5.33. The molecule has 1 saturated carbocycles. The van der Waals surface area contributed by atoms with Crippen LogP contribution in [0.1, 0.15) is 38.1 Å². The number of nitrogens with zero attached hydrogens (tertiary/aromatic N) is 2. The van der Waals surface area contributed by atoms with Crippen LogP contribution in [0.3, 0.4) is 0 Å². The standard InChI is InChI=1S/C13H19ClN2O/c1-4-10-13(14)11(16(3)15-10)7-12(17)8(2)9-5-6-9/h8-9H,4-7H2,1-3H3. The Morgan fingerprint density at radius 3 is 2.71 bits per heavy atom. The maximum Gasteiger partial charge on any atom is 0.141 e. The molecule has 0 amide bonds. The summed E-state index contributed by atoms with van der Waals surface area (Å²) in [6, 6.07) is 0. The lowest BCUT2D eigenvalue weighted by atomic mass is 9.97. The van der Waals surface area contributed by atoms with Gasteiger partial charge < -0.3 is 0 Å². The fraction of sp³-hybridized carbons (Fsp3) is 0.692. The zero-order chi connectivity index (χ0) is 12.6. The smallest absolute Gasteiger partial charge is 0.141 e. The van der Waals surface area contributed by atoms with E-state index in [1.165, 1.54) is 12.8 Å². The number of rotatable bonds is 5. The highest BCUT2D eigenvalue weighted by Crippen LogP contribution is 2.37. The summed E-state index contributed by atoms with van der Waals surface area (Å²) in [6.07, 6.45) is 3.62. The zero-order valence-corrected chi connectivity index (χ0v) is 11.4. The van der Waals surface area contributed by atoms with Crippen molar-refractivity contribution in [2.75, 3.05) is 0 Å². The first kappa shape index (κ1) is 12.6. The summed E-state index contributed by atoms with van der Waals surface area (Å²) in [7, 11) is 1.86. The molecule has 1 aliphatic carbocycles. The maximum absolute atomic E-state index is 12.1. The van der Waals surface area contributed by atoms with Crippen molar-refractivity contribution in [1.29, 1.82) is 0 Å². The molecule has 0 aromatic carbocycles. The molecule has 0 saturated heterocycles. The van der Waals surface area contributed by atoms with Gasteiger partial charge in [0.2, 0.25) is 0 Å². The predicted octanol–water partition coefficient (Wildman–Crippen LogP) is 2.79. The Labute approximate surface area is 107 Å². The van der Waals surface area contributed by atoms with E-state index >= 15 is 0 Å². The Bertz CT molecular complexity index is 435. The number of hydrogen-bond acceptors (Lipinski definition) is 2. The lowest BCUT2D eigenvalue weighted by molar-refractivity contribution is -0.122. The molecule has 0 spiro atoms. The molecule has 0 aliphatic heterocycles. The molecule has 1 unspecified atom stereocenters. The van der Waals surface area contributed by atoms with Gasteiger partial charge in [0.1, 0.15) is 5.78 Å². The van der Waals surface area contributed by atoms with E-state index in [9.17, 15) is 4.79 Å². The van der Waals surface area contributed by atoms with Crippen molar-refractivity contribution in [1.82, 2.24) is 9.78 Å². The minimum atomic E-state index is 0.172. The van der Waals surface area contributed by atoms with Crippen molar-refractivity contribution >= 4 is 17.4 Å². The summed E-state index contributed by atoms with van der Waals surface area (Å²) in [5.74, 6) is 1.08. The highest BCUT2D eigenvalue weighted by molar-refractivity contribution is 6.32. The molecule has 94 valence electrons. The molecule has 1 fully saturated rings. The molecular formula is C13H19ClN2O. The van der Waals surface area contributed by atoms with Crippen LogP contribution in [0.25, 0.3) is 0 Å². The van der Waals surface area contributed by atoms with E-state index < -0.39 is 0 Å². The number of carbonyl (C=O) groups is 1.